The molecule has 5 heteroatoms. The van der Waals surface area contributed by atoms with Crippen LogP contribution in [0.3, 0.4) is 0 Å². The molecule has 0 bridgehead atoms. The summed E-state index contributed by atoms with van der Waals surface area (Å²) in [6, 6.07) is 3.54. The van der Waals surface area contributed by atoms with Crippen LogP contribution in [0.5, 0.6) is 11.8 Å². The van der Waals surface area contributed by atoms with Crippen molar-refractivity contribution < 1.29 is 9.47 Å². The minimum atomic E-state index is -0.332. The molecule has 1 rings (SSSR count). The Morgan fingerprint density at radius 1 is 1.20 bits per heavy atom. The third-order valence-electron chi connectivity index (χ3n) is 2.82. The summed E-state index contributed by atoms with van der Waals surface area (Å²) in [6.07, 6.45) is 0. The highest BCUT2D eigenvalue weighted by Gasteiger charge is 2.15. The van der Waals surface area contributed by atoms with E-state index in [4.69, 9.17) is 15.2 Å². The third-order valence-corrected chi connectivity index (χ3v) is 2.82. The molecule has 20 heavy (non-hydrogen) atoms. The lowest BCUT2D eigenvalue weighted by molar-refractivity contribution is 0.123. The summed E-state index contributed by atoms with van der Waals surface area (Å²) in [4.78, 5) is 6.61. The van der Waals surface area contributed by atoms with Crippen LogP contribution in [0.1, 0.15) is 34.6 Å². The Morgan fingerprint density at radius 3 is 2.40 bits per heavy atom. The van der Waals surface area contributed by atoms with Crippen molar-refractivity contribution in [2.24, 2.45) is 0 Å². The zero-order chi connectivity index (χ0) is 15.2. The fraction of sp³-hybridized carbons (Fsp3) is 0.667. The van der Waals surface area contributed by atoms with Crippen LogP contribution in [0.25, 0.3) is 0 Å². The van der Waals surface area contributed by atoms with E-state index in [1.165, 1.54) is 0 Å². The highest BCUT2D eigenvalue weighted by molar-refractivity contribution is 5.49. The van der Waals surface area contributed by atoms with Gasteiger partial charge in [-0.1, -0.05) is 13.8 Å². The van der Waals surface area contributed by atoms with Crippen molar-refractivity contribution in [1.82, 2.24) is 9.88 Å². The van der Waals surface area contributed by atoms with E-state index in [0.29, 0.717) is 24.1 Å². The number of ether oxygens (including phenoxy) is 2. The van der Waals surface area contributed by atoms with Gasteiger partial charge in [0.2, 0.25) is 11.8 Å². The maximum atomic E-state index is 5.87. The van der Waals surface area contributed by atoms with Crippen molar-refractivity contribution in [3.63, 3.8) is 0 Å². The lowest BCUT2D eigenvalue weighted by atomic mass is 10.2. The van der Waals surface area contributed by atoms with Crippen LogP contribution in [0, 0.1) is 0 Å². The molecule has 0 aliphatic rings. The molecule has 0 aromatic carbocycles. The highest BCUT2D eigenvalue weighted by atomic mass is 16.5. The number of hydrogen-bond acceptors (Lipinski definition) is 5. The first kappa shape index (κ1) is 16.6. The summed E-state index contributed by atoms with van der Waals surface area (Å²) in [5, 5.41) is 0. The van der Waals surface area contributed by atoms with E-state index >= 15 is 0 Å². The molecule has 0 aliphatic carbocycles. The lowest BCUT2D eigenvalue weighted by Gasteiger charge is -2.22. The van der Waals surface area contributed by atoms with Crippen LogP contribution in [0.4, 0.5) is 5.69 Å². The van der Waals surface area contributed by atoms with E-state index in [0.717, 1.165) is 19.6 Å². The average Bonchev–Trinajstić information content (AvgIpc) is 2.37. The van der Waals surface area contributed by atoms with Crippen molar-refractivity contribution in [3.05, 3.63) is 12.1 Å². The number of rotatable bonds is 7. The number of aromatic nitrogens is 1. The molecule has 5 nitrogen and oxygen atoms in total. The van der Waals surface area contributed by atoms with Gasteiger partial charge in [-0.25, -0.2) is 0 Å². The molecule has 0 amide bonds. The van der Waals surface area contributed by atoms with Crippen LogP contribution < -0.4 is 15.2 Å². The van der Waals surface area contributed by atoms with E-state index in [-0.39, 0.29) is 5.60 Å². The molecular weight excluding hydrogens is 254 g/mol. The molecule has 0 saturated carbocycles. The van der Waals surface area contributed by atoms with E-state index in [1.54, 1.807) is 12.1 Å². The summed E-state index contributed by atoms with van der Waals surface area (Å²) < 4.78 is 11.4. The first-order valence-electron chi connectivity index (χ1n) is 7.16. The quantitative estimate of drug-likeness (QED) is 0.832. The summed E-state index contributed by atoms with van der Waals surface area (Å²) in [5.74, 6) is 0.975. The molecule has 0 saturated heterocycles. The van der Waals surface area contributed by atoms with E-state index in [2.05, 4.69) is 23.7 Å². The fourth-order valence-corrected chi connectivity index (χ4v) is 1.71. The maximum absolute atomic E-state index is 5.87. The topological polar surface area (TPSA) is 60.6 Å². The molecule has 1 heterocycles. The van der Waals surface area contributed by atoms with Gasteiger partial charge in [0.05, 0.1) is 5.69 Å². The minimum Gasteiger partial charge on any atom is -0.476 e. The molecule has 0 fully saturated rings. The Labute approximate surface area is 122 Å². The fourth-order valence-electron chi connectivity index (χ4n) is 1.71. The molecular formula is C15H27N3O2. The van der Waals surface area contributed by atoms with Gasteiger partial charge in [0, 0.05) is 12.6 Å². The Bertz CT molecular complexity index is 412. The van der Waals surface area contributed by atoms with Gasteiger partial charge in [0.25, 0.3) is 0 Å². The van der Waals surface area contributed by atoms with Crippen LogP contribution in [-0.2, 0) is 0 Å². The van der Waals surface area contributed by atoms with E-state index in [9.17, 15) is 0 Å². The van der Waals surface area contributed by atoms with Gasteiger partial charge in [-0.3, -0.25) is 0 Å². The highest BCUT2D eigenvalue weighted by Crippen LogP contribution is 2.25. The largest absolute Gasteiger partial charge is 0.476 e. The summed E-state index contributed by atoms with van der Waals surface area (Å²) in [7, 11) is 0. The molecule has 0 radical (unpaired) electrons. The Morgan fingerprint density at radius 2 is 1.85 bits per heavy atom. The summed E-state index contributed by atoms with van der Waals surface area (Å²) in [5.41, 5.74) is 6.06. The molecule has 114 valence electrons. The predicted molar refractivity (Wildman–Crippen MR) is 82.3 cm³/mol. The minimum absolute atomic E-state index is 0.332. The molecule has 1 aromatic heterocycles. The molecule has 1 aromatic rings. The Hall–Kier alpha value is -1.49. The third kappa shape index (κ3) is 5.65. The molecule has 2 N–H and O–H groups in total. The van der Waals surface area contributed by atoms with Gasteiger partial charge in [-0.2, -0.15) is 4.98 Å². The number of nitrogens with two attached hydrogens (primary N) is 1. The first-order valence-corrected chi connectivity index (χ1v) is 7.16. The van der Waals surface area contributed by atoms with Crippen molar-refractivity contribution in [3.8, 4) is 11.8 Å². The SMILES string of the molecule is CCN(CC)CCOc1ccc(N)c(OC(C)(C)C)n1. The first-order chi connectivity index (χ1) is 9.35. The smallest absolute Gasteiger partial charge is 0.241 e. The summed E-state index contributed by atoms with van der Waals surface area (Å²) >= 11 is 0. The number of pyridine rings is 1. The predicted octanol–water partition coefficient (Wildman–Crippen LogP) is 2.56. The van der Waals surface area contributed by atoms with Crippen LogP contribution in [0.15, 0.2) is 12.1 Å². The zero-order valence-electron chi connectivity index (χ0n) is 13.3. The van der Waals surface area contributed by atoms with Crippen LogP contribution in [-0.4, -0.2) is 41.7 Å². The second-order valence-electron chi connectivity index (χ2n) is 5.63. The number of anilines is 1. The van der Waals surface area contributed by atoms with Gasteiger partial charge in [0.15, 0.2) is 0 Å². The van der Waals surface area contributed by atoms with Crippen LogP contribution in [0.2, 0.25) is 0 Å². The molecule has 0 atom stereocenters. The van der Waals surface area contributed by atoms with E-state index < -0.39 is 0 Å². The Balaban J connectivity index is 2.61. The average molecular weight is 281 g/mol. The number of nitrogens with zero attached hydrogens (tertiary/aromatic N) is 2. The van der Waals surface area contributed by atoms with Gasteiger partial charge in [-0.05, 0) is 39.9 Å². The second-order valence-corrected chi connectivity index (χ2v) is 5.63. The standard InChI is InChI=1S/C15H27N3O2/c1-6-18(7-2)10-11-19-13-9-8-12(16)14(17-13)20-15(3,4)5/h8-9H,6-7,10-11,16H2,1-5H3. The van der Waals surface area contributed by atoms with Crippen molar-refractivity contribution in [1.29, 1.82) is 0 Å². The van der Waals surface area contributed by atoms with Gasteiger partial charge >= 0.3 is 0 Å². The van der Waals surface area contributed by atoms with E-state index in [1.807, 2.05) is 20.8 Å². The van der Waals surface area contributed by atoms with Gasteiger partial charge in [-0.15, -0.1) is 0 Å². The maximum Gasteiger partial charge on any atom is 0.241 e. The monoisotopic (exact) mass is 281 g/mol. The summed E-state index contributed by atoms with van der Waals surface area (Å²) in [6.45, 7) is 13.7. The Kier molecular flexibility index (Phi) is 6.07. The zero-order valence-corrected chi connectivity index (χ0v) is 13.3. The van der Waals surface area contributed by atoms with Crippen molar-refractivity contribution in [2.75, 3.05) is 32.0 Å². The van der Waals surface area contributed by atoms with Crippen LogP contribution >= 0.6 is 0 Å². The number of hydrogen-bond donors (Lipinski definition) is 1. The lowest BCUT2D eigenvalue weighted by Crippen LogP contribution is -2.28. The molecule has 0 unspecified atom stereocenters. The molecule has 0 spiro atoms. The van der Waals surface area contributed by atoms with Crippen molar-refractivity contribution >= 4 is 5.69 Å². The van der Waals surface area contributed by atoms with Crippen molar-refractivity contribution in [2.45, 2.75) is 40.2 Å². The molecule has 0 aliphatic heterocycles. The number of nitrogen functional groups attached to an aromatic ring is 1. The second kappa shape index (κ2) is 7.33. The normalized spacial score (nSPS) is 11.7. The van der Waals surface area contributed by atoms with Gasteiger partial charge in [0.1, 0.15) is 12.2 Å². The number of likely N-dealkylation sites (N-methyl/N-ethyl adjacent to an activating group) is 1. The van der Waals surface area contributed by atoms with Gasteiger partial charge < -0.3 is 20.1 Å².